The highest BCUT2D eigenvalue weighted by Gasteiger charge is 2.33. The van der Waals surface area contributed by atoms with Gasteiger partial charge in [-0.3, -0.25) is 5.10 Å². The molecule has 1 fully saturated rings. The molecule has 1 saturated heterocycles. The van der Waals surface area contributed by atoms with Gasteiger partial charge in [-0.15, -0.1) is 0 Å². The first-order chi connectivity index (χ1) is 10.5. The van der Waals surface area contributed by atoms with E-state index in [0.717, 1.165) is 11.4 Å². The normalized spacial score (nSPS) is 20.2. The van der Waals surface area contributed by atoms with Crippen LogP contribution >= 0.6 is 0 Å². The van der Waals surface area contributed by atoms with E-state index < -0.39 is 16.1 Å². The second-order valence-corrected chi connectivity index (χ2v) is 7.10. The zero-order chi connectivity index (χ0) is 15.7. The first-order valence-electron chi connectivity index (χ1n) is 6.89. The third-order valence-corrected chi connectivity index (χ3v) is 5.26. The summed E-state index contributed by atoms with van der Waals surface area (Å²) >= 11 is 0. The van der Waals surface area contributed by atoms with Gasteiger partial charge < -0.3 is 4.74 Å². The van der Waals surface area contributed by atoms with E-state index in [0.29, 0.717) is 19.0 Å². The van der Waals surface area contributed by atoms with Crippen LogP contribution in [0, 0.1) is 13.8 Å². The number of morpholine rings is 1. The molecule has 0 aromatic carbocycles. The van der Waals surface area contributed by atoms with E-state index in [-0.39, 0.29) is 11.4 Å². The molecule has 1 N–H and O–H groups in total. The van der Waals surface area contributed by atoms with Crippen molar-refractivity contribution >= 4 is 10.0 Å². The summed E-state index contributed by atoms with van der Waals surface area (Å²) in [6.45, 7) is 4.55. The van der Waals surface area contributed by atoms with Crippen LogP contribution in [0.1, 0.15) is 23.3 Å². The molecule has 3 heterocycles. The quantitative estimate of drug-likeness (QED) is 0.886. The van der Waals surface area contributed by atoms with Gasteiger partial charge in [0, 0.05) is 30.7 Å². The summed E-state index contributed by atoms with van der Waals surface area (Å²) in [6, 6.07) is 1.87. The third-order valence-electron chi connectivity index (χ3n) is 3.43. The van der Waals surface area contributed by atoms with Gasteiger partial charge in [-0.05, 0) is 19.9 Å². The Bertz CT molecular complexity index is 740. The van der Waals surface area contributed by atoms with Crippen molar-refractivity contribution in [1.82, 2.24) is 24.5 Å². The highest BCUT2D eigenvalue weighted by molar-refractivity contribution is 7.89. The Kier molecular flexibility index (Phi) is 3.94. The van der Waals surface area contributed by atoms with Crippen molar-refractivity contribution < 1.29 is 13.2 Å². The number of aromatic nitrogens is 4. The Balaban J connectivity index is 1.86. The number of sulfonamides is 1. The molecule has 0 radical (unpaired) electrons. The highest BCUT2D eigenvalue weighted by atomic mass is 32.2. The first kappa shape index (κ1) is 15.1. The summed E-state index contributed by atoms with van der Waals surface area (Å²) in [5.74, 6) is 0.518. The van der Waals surface area contributed by atoms with Gasteiger partial charge in [0.05, 0.1) is 12.8 Å². The molecule has 1 aliphatic heterocycles. The zero-order valence-corrected chi connectivity index (χ0v) is 13.2. The molecule has 1 aliphatic rings. The van der Waals surface area contributed by atoms with Crippen LogP contribution in [0.5, 0.6) is 0 Å². The number of hydrogen-bond donors (Lipinski definition) is 1. The van der Waals surface area contributed by atoms with Gasteiger partial charge in [-0.25, -0.2) is 18.4 Å². The van der Waals surface area contributed by atoms with E-state index in [9.17, 15) is 8.42 Å². The second-order valence-electron chi connectivity index (χ2n) is 5.17. The minimum atomic E-state index is -3.58. The van der Waals surface area contributed by atoms with Crippen molar-refractivity contribution in [2.75, 3.05) is 19.7 Å². The van der Waals surface area contributed by atoms with E-state index in [1.165, 1.54) is 16.7 Å². The van der Waals surface area contributed by atoms with Crippen LogP contribution < -0.4 is 0 Å². The van der Waals surface area contributed by atoms with Gasteiger partial charge >= 0.3 is 0 Å². The van der Waals surface area contributed by atoms with E-state index in [4.69, 9.17) is 4.74 Å². The summed E-state index contributed by atoms with van der Waals surface area (Å²) < 4.78 is 32.1. The van der Waals surface area contributed by atoms with Crippen LogP contribution in [0.15, 0.2) is 23.4 Å². The lowest BCUT2D eigenvalue weighted by Crippen LogP contribution is -2.42. The Morgan fingerprint density at radius 2 is 2.05 bits per heavy atom. The molecule has 0 bridgehead atoms. The highest BCUT2D eigenvalue weighted by Crippen LogP contribution is 2.24. The number of ether oxygens (including phenoxy) is 1. The Hall–Kier alpha value is -1.84. The maximum absolute atomic E-state index is 12.5. The van der Waals surface area contributed by atoms with Crippen molar-refractivity contribution in [3.05, 3.63) is 35.7 Å². The molecule has 0 spiro atoms. The number of rotatable bonds is 3. The van der Waals surface area contributed by atoms with Gasteiger partial charge in [0.1, 0.15) is 11.0 Å². The Morgan fingerprint density at radius 1 is 1.32 bits per heavy atom. The number of nitrogens with zero attached hydrogens (tertiary/aromatic N) is 4. The predicted octanol–water partition coefficient (Wildman–Crippen LogP) is 0.579. The van der Waals surface area contributed by atoms with E-state index >= 15 is 0 Å². The van der Waals surface area contributed by atoms with Crippen LogP contribution in [0.4, 0.5) is 0 Å². The van der Waals surface area contributed by atoms with E-state index in [1.807, 2.05) is 19.9 Å². The number of H-pyrrole nitrogens is 1. The van der Waals surface area contributed by atoms with Gasteiger partial charge in [0.2, 0.25) is 10.0 Å². The molecular formula is C13H17N5O3S. The summed E-state index contributed by atoms with van der Waals surface area (Å²) in [4.78, 5) is 8.87. The molecule has 0 saturated carbocycles. The lowest BCUT2D eigenvalue weighted by Gasteiger charge is -2.31. The monoisotopic (exact) mass is 323 g/mol. The number of aryl methyl sites for hydroxylation is 2. The van der Waals surface area contributed by atoms with Gasteiger partial charge in [-0.2, -0.15) is 9.40 Å². The molecular weight excluding hydrogens is 306 g/mol. The largest absolute Gasteiger partial charge is 0.367 e. The van der Waals surface area contributed by atoms with Gasteiger partial charge in [0.25, 0.3) is 0 Å². The number of aromatic amines is 1. The molecule has 8 nitrogen and oxygen atoms in total. The molecule has 1 atom stereocenters. The van der Waals surface area contributed by atoms with Crippen LogP contribution in [0.2, 0.25) is 0 Å². The van der Waals surface area contributed by atoms with Crippen LogP contribution in [0.3, 0.4) is 0 Å². The average Bonchev–Trinajstić information content (AvgIpc) is 3.01. The zero-order valence-electron chi connectivity index (χ0n) is 12.4. The van der Waals surface area contributed by atoms with Crippen molar-refractivity contribution in [3.8, 4) is 0 Å². The smallest absolute Gasteiger partial charge is 0.246 e. The standard InChI is InChI=1S/C13H17N5O3S/c1-9-5-10(2)17-13(16-9)12-8-18(3-4-21-12)22(19,20)11-6-14-15-7-11/h5-7,12H,3-4,8H2,1-2H3,(H,14,15)/t12-/m0/s1. The number of nitrogens with one attached hydrogen (secondary N) is 1. The molecule has 2 aromatic heterocycles. The van der Waals surface area contributed by atoms with Crippen LogP contribution in [0.25, 0.3) is 0 Å². The summed E-state index contributed by atoms with van der Waals surface area (Å²) in [7, 11) is -3.58. The predicted molar refractivity (Wildman–Crippen MR) is 77.5 cm³/mol. The van der Waals surface area contributed by atoms with Crippen molar-refractivity contribution in [1.29, 1.82) is 0 Å². The first-order valence-corrected chi connectivity index (χ1v) is 8.33. The molecule has 9 heteroatoms. The molecule has 0 unspecified atom stereocenters. The van der Waals surface area contributed by atoms with Crippen molar-refractivity contribution in [2.45, 2.75) is 24.8 Å². The molecule has 0 amide bonds. The Morgan fingerprint density at radius 3 is 2.68 bits per heavy atom. The maximum Gasteiger partial charge on any atom is 0.246 e. The minimum absolute atomic E-state index is 0.148. The fourth-order valence-corrected chi connectivity index (χ4v) is 3.76. The molecule has 118 valence electrons. The fraction of sp³-hybridized carbons (Fsp3) is 0.462. The lowest BCUT2D eigenvalue weighted by atomic mass is 10.2. The Labute approximate surface area is 128 Å². The average molecular weight is 323 g/mol. The van der Waals surface area contributed by atoms with Crippen LogP contribution in [-0.2, 0) is 14.8 Å². The molecule has 0 aliphatic carbocycles. The molecule has 2 aromatic rings. The molecule has 22 heavy (non-hydrogen) atoms. The van der Waals surface area contributed by atoms with Gasteiger partial charge in [0.15, 0.2) is 5.82 Å². The third kappa shape index (κ3) is 2.87. The summed E-state index contributed by atoms with van der Waals surface area (Å²) in [6.07, 6.45) is 2.20. The minimum Gasteiger partial charge on any atom is -0.367 e. The van der Waals surface area contributed by atoms with E-state index in [1.54, 1.807) is 0 Å². The summed E-state index contributed by atoms with van der Waals surface area (Å²) in [5, 5.41) is 6.22. The van der Waals surface area contributed by atoms with Crippen molar-refractivity contribution in [2.24, 2.45) is 0 Å². The summed E-state index contributed by atoms with van der Waals surface area (Å²) in [5.41, 5.74) is 1.67. The van der Waals surface area contributed by atoms with E-state index in [2.05, 4.69) is 20.2 Å². The maximum atomic E-state index is 12.5. The van der Waals surface area contributed by atoms with Crippen LogP contribution in [-0.4, -0.2) is 52.6 Å². The number of hydrogen-bond acceptors (Lipinski definition) is 6. The topological polar surface area (TPSA) is 101 Å². The fourth-order valence-electron chi connectivity index (χ4n) is 2.43. The lowest BCUT2D eigenvalue weighted by molar-refractivity contribution is -0.00769. The van der Waals surface area contributed by atoms with Gasteiger partial charge in [-0.1, -0.05) is 0 Å². The molecule has 3 rings (SSSR count). The van der Waals surface area contributed by atoms with Crippen molar-refractivity contribution in [3.63, 3.8) is 0 Å². The second kappa shape index (κ2) is 5.75. The SMILES string of the molecule is Cc1cc(C)nc([C@@H]2CN(S(=O)(=O)c3cn[nH]c3)CCO2)n1.